The van der Waals surface area contributed by atoms with Gasteiger partial charge in [0, 0.05) is 31.0 Å². The molecular weight excluding hydrogens is 562 g/mol. The number of carbonyl (C=O) groups is 2. The maximum absolute atomic E-state index is 13.0. The number of carbonyl (C=O) groups excluding carboxylic acids is 2. The van der Waals surface area contributed by atoms with Crippen LogP contribution in [-0.4, -0.2) is 39.8 Å². The van der Waals surface area contributed by atoms with E-state index in [1.165, 1.54) is 5.56 Å². The maximum Gasteiger partial charge on any atom is 0.495 e. The van der Waals surface area contributed by atoms with E-state index in [2.05, 4.69) is 30.2 Å². The summed E-state index contributed by atoms with van der Waals surface area (Å²) in [6, 6.07) is 7.82. The molecular formula is C26H24F6N4O5. The predicted molar refractivity (Wildman–Crippen MR) is 128 cm³/mol. The molecule has 1 aliphatic heterocycles. The summed E-state index contributed by atoms with van der Waals surface area (Å²) >= 11 is 0. The van der Waals surface area contributed by atoms with Gasteiger partial charge in [-0.25, -0.2) is 24.3 Å². The van der Waals surface area contributed by atoms with Crippen molar-refractivity contribution in [3.05, 3.63) is 70.5 Å². The molecule has 0 bridgehead atoms. The van der Waals surface area contributed by atoms with E-state index in [1.807, 2.05) is 12.1 Å². The van der Waals surface area contributed by atoms with Crippen LogP contribution in [0.4, 0.5) is 32.2 Å². The van der Waals surface area contributed by atoms with Crippen LogP contribution in [0.25, 0.3) is 0 Å². The van der Waals surface area contributed by atoms with Crippen molar-refractivity contribution in [2.75, 3.05) is 11.9 Å². The third kappa shape index (κ3) is 8.41. The topological polar surface area (TPSA) is 116 Å². The molecule has 1 N–H and O–H groups in total. The lowest BCUT2D eigenvalue weighted by atomic mass is 9.91. The van der Waals surface area contributed by atoms with Gasteiger partial charge in [0.2, 0.25) is 5.89 Å². The number of fused-ring (bicyclic) bond motifs is 1. The fourth-order valence-corrected chi connectivity index (χ4v) is 4.24. The first kappa shape index (κ1) is 29.8. The van der Waals surface area contributed by atoms with Gasteiger partial charge in [-0.3, -0.25) is 0 Å². The van der Waals surface area contributed by atoms with Gasteiger partial charge < -0.3 is 9.84 Å². The van der Waals surface area contributed by atoms with Crippen LogP contribution in [0.3, 0.4) is 0 Å². The molecule has 0 aliphatic carbocycles. The Morgan fingerprint density at radius 3 is 2.44 bits per heavy atom. The summed E-state index contributed by atoms with van der Waals surface area (Å²) in [6.07, 6.45) is -7.06. The van der Waals surface area contributed by atoms with E-state index >= 15 is 0 Å². The van der Waals surface area contributed by atoms with Crippen LogP contribution in [-0.2, 0) is 51.2 Å². The first-order valence-electron chi connectivity index (χ1n) is 12.6. The summed E-state index contributed by atoms with van der Waals surface area (Å²) in [5.41, 5.74) is 1.34. The summed E-state index contributed by atoms with van der Waals surface area (Å²) in [5.74, 6) is -3.77. The number of hydrogen-bond acceptors (Lipinski definition) is 9. The van der Waals surface area contributed by atoms with Crippen LogP contribution in [0.2, 0.25) is 0 Å². The van der Waals surface area contributed by atoms with Gasteiger partial charge in [-0.2, -0.15) is 31.3 Å². The molecule has 0 spiro atoms. The van der Waals surface area contributed by atoms with E-state index in [9.17, 15) is 35.9 Å². The van der Waals surface area contributed by atoms with Crippen LogP contribution in [0.1, 0.15) is 59.3 Å². The number of halogens is 6. The number of rotatable bonds is 9. The highest BCUT2D eigenvalue weighted by Crippen LogP contribution is 2.32. The van der Waals surface area contributed by atoms with E-state index in [-0.39, 0.29) is 17.9 Å². The van der Waals surface area contributed by atoms with E-state index in [0.29, 0.717) is 25.1 Å². The van der Waals surface area contributed by atoms with Crippen molar-refractivity contribution in [2.24, 2.45) is 0 Å². The zero-order chi connectivity index (χ0) is 29.6. The number of nitrogens with one attached hydrogen (secondary N) is 1. The van der Waals surface area contributed by atoms with Gasteiger partial charge in [-0.1, -0.05) is 23.4 Å². The molecule has 9 nitrogen and oxygen atoms in total. The lowest BCUT2D eigenvalue weighted by Gasteiger charge is -2.17. The molecule has 41 heavy (non-hydrogen) atoms. The summed E-state index contributed by atoms with van der Waals surface area (Å²) in [6.45, 7) is 0.874. The number of anilines is 1. The molecule has 0 amide bonds. The summed E-state index contributed by atoms with van der Waals surface area (Å²) < 4.78 is 81.1. The first-order valence-corrected chi connectivity index (χ1v) is 12.6. The third-order valence-electron chi connectivity index (χ3n) is 6.28. The molecule has 1 aromatic carbocycles. The molecule has 0 saturated heterocycles. The van der Waals surface area contributed by atoms with Crippen molar-refractivity contribution in [3.8, 4) is 0 Å². The molecule has 1 atom stereocenters. The van der Waals surface area contributed by atoms with Crippen LogP contribution >= 0.6 is 0 Å². The van der Waals surface area contributed by atoms with Crippen molar-refractivity contribution in [2.45, 2.75) is 63.2 Å². The van der Waals surface area contributed by atoms with Crippen molar-refractivity contribution >= 4 is 17.8 Å². The van der Waals surface area contributed by atoms with E-state index in [1.54, 1.807) is 0 Å². The average Bonchev–Trinajstić information content (AvgIpc) is 3.37. The Kier molecular flexibility index (Phi) is 9.13. The third-order valence-corrected chi connectivity index (χ3v) is 6.28. The number of aromatic nitrogens is 3. The Morgan fingerprint density at radius 2 is 1.73 bits per heavy atom. The van der Waals surface area contributed by atoms with Crippen molar-refractivity contribution in [1.29, 1.82) is 0 Å². The smallest absolute Gasteiger partial charge is 0.370 e. The number of pyridine rings is 1. The van der Waals surface area contributed by atoms with Gasteiger partial charge >= 0.3 is 24.3 Å². The van der Waals surface area contributed by atoms with E-state index in [4.69, 9.17) is 4.52 Å². The lowest BCUT2D eigenvalue weighted by Crippen LogP contribution is -2.27. The van der Waals surface area contributed by atoms with E-state index in [0.717, 1.165) is 55.2 Å². The lowest BCUT2D eigenvalue weighted by molar-refractivity contribution is -0.286. The maximum atomic E-state index is 13.0. The minimum absolute atomic E-state index is 0.0427. The Bertz CT molecular complexity index is 1360. The molecule has 15 heteroatoms. The van der Waals surface area contributed by atoms with Gasteiger partial charge in [0.15, 0.2) is 5.82 Å². The number of aryl methyl sites for hydroxylation is 3. The molecule has 0 fully saturated rings. The molecule has 220 valence electrons. The zero-order valence-corrected chi connectivity index (χ0v) is 21.3. The van der Waals surface area contributed by atoms with Crippen molar-refractivity contribution in [1.82, 2.24) is 15.1 Å². The van der Waals surface area contributed by atoms with Gasteiger partial charge in [-0.15, -0.1) is 0 Å². The molecule has 3 aromatic rings. The number of nitrogens with zero attached hydrogens (tertiary/aromatic N) is 3. The fourth-order valence-electron chi connectivity index (χ4n) is 4.24. The number of hydrogen-bond donors (Lipinski definition) is 1. The SMILES string of the molecule is O=C(CC(Cc1nc(CCCc2ccc3c(n2)NCCC3)no1)c1ccc(C(F)(F)F)cc1)OOC(=O)C(F)(F)F. The normalized spacial score (nSPS) is 14.1. The largest absolute Gasteiger partial charge is 0.495 e. The second kappa shape index (κ2) is 12.6. The highest BCUT2D eigenvalue weighted by Gasteiger charge is 2.43. The van der Waals surface area contributed by atoms with Gasteiger partial charge in [0.05, 0.1) is 12.0 Å². The minimum Gasteiger partial charge on any atom is -0.370 e. The summed E-state index contributed by atoms with van der Waals surface area (Å²) in [4.78, 5) is 39.3. The number of alkyl halides is 6. The molecule has 0 saturated carbocycles. The Balaban J connectivity index is 1.39. The fraction of sp³-hybridized carbons (Fsp3) is 0.423. The second-order valence-corrected chi connectivity index (χ2v) is 9.35. The number of benzene rings is 1. The Morgan fingerprint density at radius 1 is 0.976 bits per heavy atom. The highest BCUT2D eigenvalue weighted by molar-refractivity contribution is 5.77. The molecule has 1 aliphatic rings. The Labute approximate surface area is 229 Å². The molecule has 3 heterocycles. The average molecular weight is 586 g/mol. The summed E-state index contributed by atoms with van der Waals surface area (Å²) in [5, 5.41) is 7.17. The van der Waals surface area contributed by atoms with Crippen LogP contribution in [0, 0.1) is 0 Å². The van der Waals surface area contributed by atoms with Crippen molar-refractivity contribution in [3.63, 3.8) is 0 Å². The van der Waals surface area contributed by atoms with Crippen LogP contribution in [0.5, 0.6) is 0 Å². The molecule has 1 unspecified atom stereocenters. The highest BCUT2D eigenvalue weighted by atomic mass is 19.4. The zero-order valence-electron chi connectivity index (χ0n) is 21.3. The minimum atomic E-state index is -5.39. The Hall–Kier alpha value is -4.17. The molecule has 4 rings (SSSR count). The van der Waals surface area contributed by atoms with Gasteiger partial charge in [-0.05, 0) is 55.0 Å². The van der Waals surface area contributed by atoms with Crippen molar-refractivity contribution < 1.29 is 50.2 Å². The quantitative estimate of drug-likeness (QED) is 0.203. The van der Waals surface area contributed by atoms with Gasteiger partial charge in [0.25, 0.3) is 0 Å². The summed E-state index contributed by atoms with van der Waals surface area (Å²) in [7, 11) is 0. The van der Waals surface area contributed by atoms with Gasteiger partial charge in [0.1, 0.15) is 5.82 Å². The van der Waals surface area contributed by atoms with Crippen LogP contribution in [0.15, 0.2) is 40.9 Å². The predicted octanol–water partition coefficient (Wildman–Crippen LogP) is 5.30. The molecule has 0 radical (unpaired) electrons. The van der Waals surface area contributed by atoms with E-state index < -0.39 is 42.2 Å². The standard InChI is InChI=1S/C26H24F6N4O5/c27-25(28,29)18-9-6-15(7-10-18)17(14-22(37)40-41-24(38)26(30,31)32)13-21-35-20(36-39-21)5-1-4-19-11-8-16-3-2-12-33-23(16)34-19/h6-11,17H,1-5,12-14H2,(H,33,34). The monoisotopic (exact) mass is 586 g/mol. The van der Waals surface area contributed by atoms with Crippen LogP contribution < -0.4 is 5.32 Å². The first-order chi connectivity index (χ1) is 19.4. The second-order valence-electron chi connectivity index (χ2n) is 9.35. The molecule has 2 aromatic heterocycles.